The maximum atomic E-state index is 5.38. The first-order valence-corrected chi connectivity index (χ1v) is 9.50. The molecule has 0 aromatic carbocycles. The Morgan fingerprint density at radius 1 is 1.42 bits per heavy atom. The van der Waals surface area contributed by atoms with Crippen LogP contribution in [0.25, 0.3) is 0 Å². The zero-order chi connectivity index (χ0) is 18.1. The number of nitrogens with one attached hydrogen (secondary N) is 2. The van der Waals surface area contributed by atoms with Gasteiger partial charge >= 0.3 is 0 Å². The third kappa shape index (κ3) is 7.20. The van der Waals surface area contributed by atoms with E-state index in [4.69, 9.17) is 4.74 Å². The lowest BCUT2D eigenvalue weighted by atomic mass is 10.3. The van der Waals surface area contributed by atoms with Crippen molar-refractivity contribution < 1.29 is 4.74 Å². The molecule has 0 spiro atoms. The van der Waals surface area contributed by atoms with Gasteiger partial charge in [0.2, 0.25) is 0 Å². The van der Waals surface area contributed by atoms with Crippen LogP contribution < -0.4 is 10.6 Å². The third-order valence-corrected chi connectivity index (χ3v) is 4.90. The fraction of sp³-hybridized carbons (Fsp3) is 0.588. The molecule has 2 aromatic heterocycles. The number of thiophene rings is 1. The monoisotopic (exact) mass is 492 g/mol. The predicted octanol–water partition coefficient (Wildman–Crippen LogP) is 3.03. The Bertz CT molecular complexity index is 658. The van der Waals surface area contributed by atoms with Gasteiger partial charge in [0.25, 0.3) is 0 Å². The minimum Gasteiger partial charge on any atom is -0.382 e. The summed E-state index contributed by atoms with van der Waals surface area (Å²) in [5.74, 6) is 2.51. The summed E-state index contributed by atoms with van der Waals surface area (Å²) >= 11 is 1.74. The Hall–Kier alpha value is -1.20. The topological polar surface area (TPSA) is 76.4 Å². The van der Waals surface area contributed by atoms with Crippen LogP contribution in [0.2, 0.25) is 0 Å². The quantitative estimate of drug-likeness (QED) is 0.244. The summed E-state index contributed by atoms with van der Waals surface area (Å²) in [6.45, 7) is 8.86. The average molecular weight is 492 g/mol. The molecule has 9 heteroatoms. The van der Waals surface area contributed by atoms with Crippen LogP contribution in [0.5, 0.6) is 0 Å². The molecule has 0 aliphatic carbocycles. The molecule has 0 saturated heterocycles. The van der Waals surface area contributed by atoms with Crippen LogP contribution in [-0.2, 0) is 18.3 Å². The number of aryl methyl sites for hydroxylation is 1. The molecule has 1 atom stereocenters. The summed E-state index contributed by atoms with van der Waals surface area (Å²) in [6.07, 6.45) is 0.936. The SMILES string of the molecule is CCOCCCNC(=NCc1nnc(C)n1C)NC(C)c1cccs1.I. The molecule has 146 valence electrons. The summed E-state index contributed by atoms with van der Waals surface area (Å²) < 4.78 is 7.34. The molecule has 0 bridgehead atoms. The van der Waals surface area contributed by atoms with Crippen molar-refractivity contribution in [3.63, 3.8) is 0 Å². The summed E-state index contributed by atoms with van der Waals surface area (Å²) in [4.78, 5) is 5.95. The highest BCUT2D eigenvalue weighted by Gasteiger charge is 2.10. The van der Waals surface area contributed by atoms with Gasteiger partial charge in [0, 0.05) is 31.7 Å². The second-order valence-corrected chi connectivity index (χ2v) is 6.73. The first-order valence-electron chi connectivity index (χ1n) is 8.62. The van der Waals surface area contributed by atoms with E-state index in [0.29, 0.717) is 6.54 Å². The van der Waals surface area contributed by atoms with Crippen molar-refractivity contribution in [2.24, 2.45) is 12.0 Å². The number of guanidine groups is 1. The number of rotatable bonds is 9. The number of aromatic nitrogens is 3. The lowest BCUT2D eigenvalue weighted by molar-refractivity contribution is 0.145. The second kappa shape index (κ2) is 12.2. The maximum absolute atomic E-state index is 5.38. The Morgan fingerprint density at radius 3 is 2.85 bits per heavy atom. The molecule has 0 amide bonds. The van der Waals surface area contributed by atoms with Crippen molar-refractivity contribution in [1.82, 2.24) is 25.4 Å². The van der Waals surface area contributed by atoms with Gasteiger partial charge in [-0.3, -0.25) is 0 Å². The van der Waals surface area contributed by atoms with E-state index in [0.717, 1.165) is 43.8 Å². The van der Waals surface area contributed by atoms with Crippen LogP contribution >= 0.6 is 35.3 Å². The van der Waals surface area contributed by atoms with Crippen molar-refractivity contribution in [2.75, 3.05) is 19.8 Å². The predicted molar refractivity (Wildman–Crippen MR) is 117 cm³/mol. The fourth-order valence-corrected chi connectivity index (χ4v) is 2.96. The molecule has 1 unspecified atom stereocenters. The first-order chi connectivity index (χ1) is 12.1. The number of hydrogen-bond acceptors (Lipinski definition) is 5. The highest BCUT2D eigenvalue weighted by atomic mass is 127. The number of hydrogen-bond donors (Lipinski definition) is 2. The van der Waals surface area contributed by atoms with Crippen LogP contribution in [0.4, 0.5) is 0 Å². The van der Waals surface area contributed by atoms with Gasteiger partial charge in [-0.25, -0.2) is 4.99 Å². The summed E-state index contributed by atoms with van der Waals surface area (Å²) in [6, 6.07) is 4.38. The van der Waals surface area contributed by atoms with Gasteiger partial charge in [0.1, 0.15) is 12.4 Å². The Morgan fingerprint density at radius 2 is 2.23 bits per heavy atom. The van der Waals surface area contributed by atoms with E-state index < -0.39 is 0 Å². The van der Waals surface area contributed by atoms with Crippen LogP contribution in [0.15, 0.2) is 22.5 Å². The van der Waals surface area contributed by atoms with E-state index in [2.05, 4.69) is 50.3 Å². The van der Waals surface area contributed by atoms with Gasteiger partial charge in [0.15, 0.2) is 11.8 Å². The Balaban J connectivity index is 0.00000338. The van der Waals surface area contributed by atoms with Crippen molar-refractivity contribution in [3.8, 4) is 0 Å². The van der Waals surface area contributed by atoms with Crippen LogP contribution in [0.3, 0.4) is 0 Å². The smallest absolute Gasteiger partial charge is 0.192 e. The molecular formula is C17H29IN6OS. The van der Waals surface area contributed by atoms with Gasteiger partial charge in [0.05, 0.1) is 6.04 Å². The standard InChI is InChI=1S/C17H28N6OS.HI/c1-5-24-10-7-9-18-17(20-13(2)15-8-6-11-25-15)19-12-16-22-21-14(3)23(16)4;/h6,8,11,13H,5,7,9-10,12H2,1-4H3,(H2,18,19,20);1H. The molecular weight excluding hydrogens is 463 g/mol. The van der Waals surface area contributed by atoms with E-state index in [1.165, 1.54) is 4.88 Å². The van der Waals surface area contributed by atoms with Crippen molar-refractivity contribution in [1.29, 1.82) is 0 Å². The maximum Gasteiger partial charge on any atom is 0.192 e. The lowest BCUT2D eigenvalue weighted by Crippen LogP contribution is -2.39. The van der Waals surface area contributed by atoms with Gasteiger partial charge < -0.3 is 19.9 Å². The number of halogens is 1. The van der Waals surface area contributed by atoms with Gasteiger partial charge in [-0.2, -0.15) is 0 Å². The number of ether oxygens (including phenoxy) is 1. The van der Waals surface area contributed by atoms with Crippen molar-refractivity contribution in [3.05, 3.63) is 34.0 Å². The molecule has 26 heavy (non-hydrogen) atoms. The van der Waals surface area contributed by atoms with E-state index in [1.807, 2.05) is 25.5 Å². The summed E-state index contributed by atoms with van der Waals surface area (Å²) in [5, 5.41) is 17.2. The van der Waals surface area contributed by atoms with Crippen molar-refractivity contribution >= 4 is 41.3 Å². The summed E-state index contributed by atoms with van der Waals surface area (Å²) in [7, 11) is 1.96. The highest BCUT2D eigenvalue weighted by Crippen LogP contribution is 2.17. The zero-order valence-electron chi connectivity index (χ0n) is 15.9. The molecule has 0 saturated carbocycles. The van der Waals surface area contributed by atoms with E-state index >= 15 is 0 Å². The molecule has 0 fully saturated rings. The first kappa shape index (κ1) is 22.8. The molecule has 0 aliphatic rings. The minimum absolute atomic E-state index is 0. The Kier molecular flexibility index (Phi) is 10.7. The summed E-state index contributed by atoms with van der Waals surface area (Å²) in [5.41, 5.74) is 0. The van der Waals surface area contributed by atoms with Gasteiger partial charge in [-0.15, -0.1) is 45.5 Å². The molecule has 7 nitrogen and oxygen atoms in total. The Labute approximate surface area is 176 Å². The van der Waals surface area contributed by atoms with Crippen LogP contribution in [-0.4, -0.2) is 40.5 Å². The molecule has 2 N–H and O–H groups in total. The lowest BCUT2D eigenvalue weighted by Gasteiger charge is -2.17. The molecule has 0 radical (unpaired) electrons. The van der Waals surface area contributed by atoms with E-state index in [-0.39, 0.29) is 30.0 Å². The van der Waals surface area contributed by atoms with Crippen molar-refractivity contribution in [2.45, 2.75) is 39.8 Å². The fourth-order valence-electron chi connectivity index (χ4n) is 2.23. The molecule has 2 rings (SSSR count). The average Bonchev–Trinajstić information content (AvgIpc) is 3.24. The third-order valence-electron chi connectivity index (χ3n) is 3.85. The highest BCUT2D eigenvalue weighted by molar-refractivity contribution is 14.0. The zero-order valence-corrected chi connectivity index (χ0v) is 19.0. The largest absolute Gasteiger partial charge is 0.382 e. The van der Waals surface area contributed by atoms with E-state index in [1.54, 1.807) is 11.3 Å². The minimum atomic E-state index is 0. The van der Waals surface area contributed by atoms with Gasteiger partial charge in [-0.05, 0) is 38.6 Å². The molecule has 2 aromatic rings. The van der Waals surface area contributed by atoms with Gasteiger partial charge in [-0.1, -0.05) is 6.07 Å². The van der Waals surface area contributed by atoms with E-state index in [9.17, 15) is 0 Å². The van der Waals surface area contributed by atoms with Crippen LogP contribution in [0, 0.1) is 6.92 Å². The number of aliphatic imine (C=N–C) groups is 1. The van der Waals surface area contributed by atoms with Crippen LogP contribution in [0.1, 0.15) is 42.8 Å². The molecule has 2 heterocycles. The molecule has 0 aliphatic heterocycles. The second-order valence-electron chi connectivity index (χ2n) is 5.75. The number of nitrogens with zero attached hydrogens (tertiary/aromatic N) is 4. The normalized spacial score (nSPS) is 12.5.